The van der Waals surface area contributed by atoms with Crippen LogP contribution in [-0.4, -0.2) is 27.9 Å². The maximum atomic E-state index is 12.7. The second kappa shape index (κ2) is 9.52. The van der Waals surface area contributed by atoms with Crippen molar-refractivity contribution in [1.82, 2.24) is 19.5 Å². The topological polar surface area (TPSA) is 114 Å². The molecule has 0 aliphatic heterocycles. The first-order valence-electron chi connectivity index (χ1n) is 10.8. The van der Waals surface area contributed by atoms with Crippen LogP contribution in [0.3, 0.4) is 0 Å². The molecule has 2 aromatic heterocycles. The van der Waals surface area contributed by atoms with Gasteiger partial charge in [-0.15, -0.1) is 0 Å². The van der Waals surface area contributed by atoms with Crippen LogP contribution in [0.15, 0.2) is 65.8 Å². The van der Waals surface area contributed by atoms with Crippen LogP contribution < -0.4 is 15.4 Å². The van der Waals surface area contributed by atoms with Crippen molar-refractivity contribution in [3.05, 3.63) is 78.0 Å². The zero-order valence-corrected chi connectivity index (χ0v) is 20.3. The number of imidazole rings is 1. The predicted octanol–water partition coefficient (Wildman–Crippen LogP) is 4.91. The lowest BCUT2D eigenvalue weighted by atomic mass is 10.2. The molecule has 3 N–H and O–H groups in total. The third-order valence-corrected chi connectivity index (χ3v) is 6.39. The van der Waals surface area contributed by atoms with Gasteiger partial charge < -0.3 is 15.2 Å². The van der Waals surface area contributed by atoms with Gasteiger partial charge in [0.1, 0.15) is 23.3 Å². The van der Waals surface area contributed by atoms with Gasteiger partial charge in [-0.3, -0.25) is 4.72 Å². The standard InChI is InChI=1S/C24H27N7O2S/c1-5-31-15-24(27-18(31)4)34(32,33)30-21-12-10-20(11-13-21)29-23-14-22(25-17(3)26-23)28-19-8-6-16(2)7-9-19/h6-15,30H,5H2,1-4H3,(H2,25,26,28,29). The third kappa shape index (κ3) is 5.52. The fourth-order valence-electron chi connectivity index (χ4n) is 3.39. The van der Waals surface area contributed by atoms with Gasteiger partial charge in [-0.25, -0.2) is 15.0 Å². The molecule has 0 spiro atoms. The first-order valence-corrected chi connectivity index (χ1v) is 12.3. The van der Waals surface area contributed by atoms with Gasteiger partial charge >= 0.3 is 0 Å². The summed E-state index contributed by atoms with van der Waals surface area (Å²) in [4.78, 5) is 13.0. The van der Waals surface area contributed by atoms with Crippen LogP contribution in [0.5, 0.6) is 0 Å². The molecule has 0 aliphatic rings. The molecule has 4 rings (SSSR count). The summed E-state index contributed by atoms with van der Waals surface area (Å²) in [6, 6.07) is 16.8. The van der Waals surface area contributed by atoms with Crippen molar-refractivity contribution in [2.45, 2.75) is 39.3 Å². The quantitative estimate of drug-likeness (QED) is 0.330. The smallest absolute Gasteiger partial charge is 0.280 e. The van der Waals surface area contributed by atoms with E-state index < -0.39 is 10.0 Å². The van der Waals surface area contributed by atoms with Gasteiger partial charge in [0.15, 0.2) is 5.03 Å². The second-order valence-corrected chi connectivity index (χ2v) is 9.53. The van der Waals surface area contributed by atoms with E-state index in [2.05, 4.69) is 30.3 Å². The highest BCUT2D eigenvalue weighted by molar-refractivity contribution is 7.92. The lowest BCUT2D eigenvalue weighted by Crippen LogP contribution is -2.13. The Balaban J connectivity index is 1.46. The van der Waals surface area contributed by atoms with Crippen molar-refractivity contribution in [3.63, 3.8) is 0 Å². The molecule has 0 fully saturated rings. The zero-order valence-electron chi connectivity index (χ0n) is 19.5. The number of benzene rings is 2. The molecular weight excluding hydrogens is 450 g/mol. The lowest BCUT2D eigenvalue weighted by Gasteiger charge is -2.11. The van der Waals surface area contributed by atoms with Crippen molar-refractivity contribution in [2.75, 3.05) is 15.4 Å². The average Bonchev–Trinajstić information content (AvgIpc) is 3.18. The van der Waals surface area contributed by atoms with Crippen LogP contribution in [-0.2, 0) is 16.6 Å². The maximum Gasteiger partial charge on any atom is 0.280 e. The summed E-state index contributed by atoms with van der Waals surface area (Å²) in [6.07, 6.45) is 1.53. The van der Waals surface area contributed by atoms with E-state index in [9.17, 15) is 8.42 Å². The highest BCUT2D eigenvalue weighted by atomic mass is 32.2. The van der Waals surface area contributed by atoms with Crippen molar-refractivity contribution in [3.8, 4) is 0 Å². The van der Waals surface area contributed by atoms with E-state index in [1.54, 1.807) is 35.8 Å². The van der Waals surface area contributed by atoms with Gasteiger partial charge in [0.2, 0.25) is 0 Å². The number of nitrogens with zero attached hydrogens (tertiary/aromatic N) is 4. The summed E-state index contributed by atoms with van der Waals surface area (Å²) in [5, 5.41) is 6.52. The van der Waals surface area contributed by atoms with Crippen molar-refractivity contribution in [1.29, 1.82) is 0 Å². The summed E-state index contributed by atoms with van der Waals surface area (Å²) in [5.41, 5.74) is 3.32. The summed E-state index contributed by atoms with van der Waals surface area (Å²) in [6.45, 7) is 8.23. The van der Waals surface area contributed by atoms with Gasteiger partial charge in [0.05, 0.1) is 0 Å². The van der Waals surface area contributed by atoms with Gasteiger partial charge in [-0.2, -0.15) is 8.42 Å². The molecule has 0 unspecified atom stereocenters. The van der Waals surface area contributed by atoms with Gasteiger partial charge in [0, 0.05) is 35.9 Å². The Hall–Kier alpha value is -3.92. The second-order valence-electron chi connectivity index (χ2n) is 7.90. The molecule has 34 heavy (non-hydrogen) atoms. The Morgan fingerprint density at radius 3 is 1.85 bits per heavy atom. The van der Waals surface area contributed by atoms with Crippen molar-refractivity contribution in [2.24, 2.45) is 0 Å². The number of sulfonamides is 1. The molecular formula is C24H27N7O2S. The Labute approximate surface area is 199 Å². The van der Waals surface area contributed by atoms with Crippen LogP contribution in [0.2, 0.25) is 0 Å². The number of hydrogen-bond acceptors (Lipinski definition) is 7. The minimum absolute atomic E-state index is 0.000816. The maximum absolute atomic E-state index is 12.7. The minimum atomic E-state index is -3.77. The summed E-state index contributed by atoms with van der Waals surface area (Å²) in [5.74, 6) is 2.56. The number of nitrogens with one attached hydrogen (secondary N) is 3. The molecule has 0 radical (unpaired) electrons. The molecule has 0 atom stereocenters. The number of aromatic nitrogens is 4. The van der Waals surface area contributed by atoms with Crippen molar-refractivity contribution >= 4 is 38.7 Å². The minimum Gasteiger partial charge on any atom is -0.340 e. The number of anilines is 5. The van der Waals surface area contributed by atoms with E-state index in [0.29, 0.717) is 35.5 Å². The summed E-state index contributed by atoms with van der Waals surface area (Å²) >= 11 is 0. The lowest BCUT2D eigenvalue weighted by molar-refractivity contribution is 0.598. The van der Waals surface area contributed by atoms with Crippen LogP contribution in [0.4, 0.5) is 28.7 Å². The number of hydrogen-bond donors (Lipinski definition) is 3. The fraction of sp³-hybridized carbons (Fsp3) is 0.208. The van der Waals surface area contributed by atoms with Crippen LogP contribution in [0.25, 0.3) is 0 Å². The Morgan fingerprint density at radius 2 is 1.32 bits per heavy atom. The SMILES string of the molecule is CCn1cc(S(=O)(=O)Nc2ccc(Nc3cc(Nc4ccc(C)cc4)nc(C)n3)cc2)nc1C. The molecule has 10 heteroatoms. The van der Waals surface area contributed by atoms with Gasteiger partial charge in [-0.1, -0.05) is 17.7 Å². The largest absolute Gasteiger partial charge is 0.340 e. The normalized spacial score (nSPS) is 11.3. The van der Waals surface area contributed by atoms with E-state index in [1.165, 1.54) is 11.8 Å². The molecule has 0 aliphatic carbocycles. The highest BCUT2D eigenvalue weighted by Gasteiger charge is 2.19. The van der Waals surface area contributed by atoms with Crippen molar-refractivity contribution < 1.29 is 8.42 Å². The Bertz CT molecular complexity index is 1400. The Kier molecular flexibility index (Phi) is 6.51. The van der Waals surface area contributed by atoms with Crippen LogP contribution >= 0.6 is 0 Å². The monoisotopic (exact) mass is 477 g/mol. The fourth-order valence-corrected chi connectivity index (χ4v) is 4.46. The first kappa shape index (κ1) is 23.2. The molecule has 4 aromatic rings. The third-order valence-electron chi connectivity index (χ3n) is 5.14. The number of rotatable bonds is 8. The first-order chi connectivity index (χ1) is 16.2. The highest BCUT2D eigenvalue weighted by Crippen LogP contribution is 2.23. The van der Waals surface area contributed by atoms with E-state index in [4.69, 9.17) is 0 Å². The van der Waals surface area contributed by atoms with Crippen LogP contribution in [0.1, 0.15) is 24.1 Å². The van der Waals surface area contributed by atoms with Gasteiger partial charge in [0.25, 0.3) is 10.0 Å². The molecule has 176 valence electrons. The molecule has 2 aromatic carbocycles. The molecule has 0 saturated carbocycles. The average molecular weight is 478 g/mol. The molecule has 0 bridgehead atoms. The summed E-state index contributed by atoms with van der Waals surface area (Å²) in [7, 11) is -3.77. The van der Waals surface area contributed by atoms with E-state index in [0.717, 1.165) is 11.4 Å². The van der Waals surface area contributed by atoms with E-state index in [-0.39, 0.29) is 5.03 Å². The van der Waals surface area contributed by atoms with Gasteiger partial charge in [-0.05, 0) is 64.1 Å². The van der Waals surface area contributed by atoms with E-state index in [1.807, 2.05) is 51.1 Å². The molecule has 0 amide bonds. The number of aryl methyl sites for hydroxylation is 4. The molecule has 0 saturated heterocycles. The predicted molar refractivity (Wildman–Crippen MR) is 134 cm³/mol. The zero-order chi connectivity index (χ0) is 24.3. The van der Waals surface area contributed by atoms with Crippen LogP contribution in [0, 0.1) is 20.8 Å². The molecule has 2 heterocycles. The molecule has 9 nitrogen and oxygen atoms in total. The van der Waals surface area contributed by atoms with E-state index >= 15 is 0 Å². The summed E-state index contributed by atoms with van der Waals surface area (Å²) < 4.78 is 29.7. The Morgan fingerprint density at radius 1 is 0.794 bits per heavy atom.